The summed E-state index contributed by atoms with van der Waals surface area (Å²) in [5, 5.41) is 5.22. The Morgan fingerprint density at radius 1 is 0.708 bits per heavy atom. The fourth-order valence-electron chi connectivity index (χ4n) is 6.81. The Morgan fingerprint density at radius 2 is 1.46 bits per heavy atom. The van der Waals surface area contributed by atoms with Crippen molar-refractivity contribution in [3.05, 3.63) is 145 Å². The topological polar surface area (TPSA) is 23.8 Å². The van der Waals surface area contributed by atoms with Crippen LogP contribution >= 0.6 is 0 Å². The van der Waals surface area contributed by atoms with Crippen LogP contribution in [0.1, 0.15) is 36.5 Å². The molecule has 0 saturated carbocycles. The number of aromatic nitrogens is 2. The first-order chi connectivity index (χ1) is 23.0. The van der Waals surface area contributed by atoms with Crippen LogP contribution in [-0.2, 0) is 20.1 Å². The molecule has 0 N–H and O–H groups in total. The number of aryl methyl sites for hydroxylation is 3. The number of nitrogens with zero attached hydrogens (tertiary/aromatic N) is 4. The SMILES string of the molecule is CCCCN1[CH-]N(c2[c-]cc3c(c2)c2cccc4c5ccccc5n3c24)c2ccccc21.Cc1c[c-]c(-c2cc(C)c(C)cn2)cc1.[Ir+3]. The van der Waals surface area contributed by atoms with E-state index >= 15 is 0 Å². The van der Waals surface area contributed by atoms with Gasteiger partial charge in [-0.15, -0.1) is 52.5 Å². The third kappa shape index (κ3) is 5.41. The zero-order valence-electron chi connectivity index (χ0n) is 27.7. The second-order valence-corrected chi connectivity index (χ2v) is 12.6. The molecule has 1 aliphatic rings. The van der Waals surface area contributed by atoms with Gasteiger partial charge in [-0.25, -0.2) is 0 Å². The van der Waals surface area contributed by atoms with Gasteiger partial charge in [-0.2, -0.15) is 18.8 Å². The molecule has 9 rings (SSSR count). The minimum atomic E-state index is 0. The molecular weight excluding hydrogens is 765 g/mol. The van der Waals surface area contributed by atoms with Crippen molar-refractivity contribution >= 4 is 55.2 Å². The van der Waals surface area contributed by atoms with Crippen molar-refractivity contribution in [1.82, 2.24) is 9.38 Å². The van der Waals surface area contributed by atoms with Crippen molar-refractivity contribution < 1.29 is 20.1 Å². The fraction of sp³-hybridized carbons (Fsp3) is 0.163. The first-order valence-electron chi connectivity index (χ1n) is 16.5. The van der Waals surface area contributed by atoms with Gasteiger partial charge in [-0.1, -0.05) is 85.9 Å². The van der Waals surface area contributed by atoms with E-state index in [0.29, 0.717) is 0 Å². The van der Waals surface area contributed by atoms with Gasteiger partial charge in [0.2, 0.25) is 0 Å². The zero-order valence-corrected chi connectivity index (χ0v) is 30.1. The van der Waals surface area contributed by atoms with Gasteiger partial charge in [0.1, 0.15) is 0 Å². The van der Waals surface area contributed by atoms with Crippen molar-refractivity contribution in [2.75, 3.05) is 16.3 Å². The maximum absolute atomic E-state index is 4.41. The predicted octanol–water partition coefficient (Wildman–Crippen LogP) is 11.0. The van der Waals surface area contributed by atoms with E-state index in [9.17, 15) is 0 Å². The average molecular weight is 802 g/mol. The van der Waals surface area contributed by atoms with Crippen molar-refractivity contribution in [2.24, 2.45) is 0 Å². The van der Waals surface area contributed by atoms with Crippen molar-refractivity contribution in [1.29, 1.82) is 0 Å². The van der Waals surface area contributed by atoms with Crippen molar-refractivity contribution in [3.8, 4) is 11.3 Å². The first-order valence-corrected chi connectivity index (χ1v) is 16.5. The summed E-state index contributed by atoms with van der Waals surface area (Å²) in [4.78, 5) is 9.07. The van der Waals surface area contributed by atoms with Crippen LogP contribution in [0.25, 0.3) is 49.4 Å². The van der Waals surface area contributed by atoms with Gasteiger partial charge in [-0.3, -0.25) is 0 Å². The normalized spacial score (nSPS) is 12.5. The number of hydrogen-bond acceptors (Lipinski definition) is 3. The number of rotatable bonds is 5. The molecule has 3 aromatic heterocycles. The molecule has 0 fully saturated rings. The standard InChI is InChI=1S/C29H23N3.C14H14N.Ir/c1-2-3-17-30-19-31(28-14-7-6-13-27(28)30)20-15-16-26-24(18-20)23-11-8-10-22-21-9-4-5-12-25(21)32(26)29(22)23;1-10-4-6-13(7-5-10)14-8-11(2)12(3)9-15-14;/h4-14,16,18-19H,2-3,17H2,1H3;4-6,8-9H,1-3H3;/q-2;-1;+3. The molecule has 8 aromatic rings. The summed E-state index contributed by atoms with van der Waals surface area (Å²) < 4.78 is 2.41. The molecule has 4 heterocycles. The van der Waals surface area contributed by atoms with Crippen LogP contribution in [0.15, 0.2) is 109 Å². The molecule has 0 atom stereocenters. The Hall–Kier alpha value is -4.70. The third-order valence-corrected chi connectivity index (χ3v) is 9.47. The number of fused-ring (bicyclic) bond motifs is 7. The van der Waals surface area contributed by atoms with Gasteiger partial charge in [0.05, 0.1) is 0 Å². The third-order valence-electron chi connectivity index (χ3n) is 9.47. The molecule has 48 heavy (non-hydrogen) atoms. The molecule has 1 aliphatic heterocycles. The average Bonchev–Trinajstić information content (AvgIpc) is 3.76. The Kier molecular flexibility index (Phi) is 8.68. The maximum Gasteiger partial charge on any atom is 3.00 e. The van der Waals surface area contributed by atoms with E-state index in [2.05, 4.69) is 163 Å². The number of unbranched alkanes of at least 4 members (excludes halogenated alkanes) is 1. The first kappa shape index (κ1) is 31.9. The Bertz CT molecular complexity index is 2370. The van der Waals surface area contributed by atoms with Crippen LogP contribution in [0, 0.1) is 39.6 Å². The molecule has 0 unspecified atom stereocenters. The Labute approximate surface area is 296 Å². The summed E-state index contributed by atoms with van der Waals surface area (Å²) in [7, 11) is 0. The summed E-state index contributed by atoms with van der Waals surface area (Å²) >= 11 is 0. The van der Waals surface area contributed by atoms with Gasteiger partial charge in [0.15, 0.2) is 0 Å². The van der Waals surface area contributed by atoms with E-state index in [-0.39, 0.29) is 20.1 Å². The molecule has 238 valence electrons. The van der Waals surface area contributed by atoms with E-state index in [0.717, 1.165) is 23.5 Å². The van der Waals surface area contributed by atoms with Gasteiger partial charge in [0, 0.05) is 39.4 Å². The predicted molar refractivity (Wildman–Crippen MR) is 198 cm³/mol. The number of para-hydroxylation sites is 4. The van der Waals surface area contributed by atoms with E-state index in [1.54, 1.807) is 0 Å². The van der Waals surface area contributed by atoms with E-state index in [4.69, 9.17) is 0 Å². The van der Waals surface area contributed by atoms with Gasteiger partial charge >= 0.3 is 20.1 Å². The van der Waals surface area contributed by atoms with Crippen molar-refractivity contribution in [2.45, 2.75) is 40.5 Å². The number of anilines is 3. The molecule has 0 spiro atoms. The van der Waals surface area contributed by atoms with Crippen LogP contribution in [0.4, 0.5) is 17.1 Å². The second kappa shape index (κ2) is 13.1. The second-order valence-electron chi connectivity index (χ2n) is 12.6. The van der Waals surface area contributed by atoms with E-state index in [1.807, 2.05) is 12.3 Å². The summed E-state index contributed by atoms with van der Waals surface area (Å²) in [6.07, 6.45) is 4.28. The summed E-state index contributed by atoms with van der Waals surface area (Å²) in [6.45, 7) is 11.8. The van der Waals surface area contributed by atoms with Crippen LogP contribution < -0.4 is 9.80 Å². The molecule has 0 radical (unpaired) electrons. The largest absolute Gasteiger partial charge is 3.00 e. The monoisotopic (exact) mass is 802 g/mol. The quantitative estimate of drug-likeness (QED) is 0.162. The molecule has 5 heteroatoms. The smallest absolute Gasteiger partial charge is 0.501 e. The van der Waals surface area contributed by atoms with Gasteiger partial charge < -0.3 is 19.2 Å². The Morgan fingerprint density at radius 3 is 2.23 bits per heavy atom. The molecule has 5 aromatic carbocycles. The number of hydrogen-bond donors (Lipinski definition) is 0. The molecule has 0 amide bonds. The van der Waals surface area contributed by atoms with E-state index < -0.39 is 0 Å². The molecule has 0 saturated heterocycles. The van der Waals surface area contributed by atoms with Gasteiger partial charge in [-0.05, 0) is 61.7 Å². The fourth-order valence-corrected chi connectivity index (χ4v) is 6.81. The zero-order chi connectivity index (χ0) is 32.1. The molecule has 4 nitrogen and oxygen atoms in total. The Balaban J connectivity index is 0.000000193. The summed E-state index contributed by atoms with van der Waals surface area (Å²) in [6, 6.07) is 43.6. The van der Waals surface area contributed by atoms with Crippen LogP contribution in [-0.4, -0.2) is 15.9 Å². The molecule has 0 aliphatic carbocycles. The minimum Gasteiger partial charge on any atom is -0.501 e. The van der Waals surface area contributed by atoms with Crippen LogP contribution in [0.2, 0.25) is 0 Å². The number of benzene rings is 5. The van der Waals surface area contributed by atoms with Crippen LogP contribution in [0.3, 0.4) is 0 Å². The van der Waals surface area contributed by atoms with Crippen molar-refractivity contribution in [3.63, 3.8) is 0 Å². The van der Waals surface area contributed by atoms with Gasteiger partial charge in [0.25, 0.3) is 0 Å². The number of pyridine rings is 1. The van der Waals surface area contributed by atoms with Crippen LogP contribution in [0.5, 0.6) is 0 Å². The van der Waals surface area contributed by atoms with E-state index in [1.165, 1.54) is 79.0 Å². The summed E-state index contributed by atoms with van der Waals surface area (Å²) in [5.74, 6) is 0. The minimum absolute atomic E-state index is 0. The summed E-state index contributed by atoms with van der Waals surface area (Å²) in [5.41, 5.74) is 13.2. The molecule has 0 bridgehead atoms. The molecular formula is C43H37IrN4. The maximum atomic E-state index is 4.41.